The van der Waals surface area contributed by atoms with E-state index in [2.05, 4.69) is 15.7 Å². The third-order valence-electron chi connectivity index (χ3n) is 3.72. The molecular formula is C16H20N4O2. The molecule has 0 unspecified atom stereocenters. The average Bonchev–Trinajstić information content (AvgIpc) is 3.29. The van der Waals surface area contributed by atoms with Crippen molar-refractivity contribution in [1.82, 2.24) is 15.1 Å². The molecule has 1 heterocycles. The van der Waals surface area contributed by atoms with Gasteiger partial charge in [0, 0.05) is 12.7 Å². The maximum Gasteiger partial charge on any atom is 0.319 e. The van der Waals surface area contributed by atoms with Crippen LogP contribution in [0.2, 0.25) is 0 Å². The fourth-order valence-electron chi connectivity index (χ4n) is 2.31. The molecule has 1 aromatic heterocycles. The van der Waals surface area contributed by atoms with Crippen molar-refractivity contribution in [1.29, 1.82) is 0 Å². The maximum absolute atomic E-state index is 11.8. The van der Waals surface area contributed by atoms with Gasteiger partial charge in [-0.05, 0) is 24.3 Å². The first-order chi connectivity index (χ1) is 10.7. The van der Waals surface area contributed by atoms with Gasteiger partial charge in [-0.15, -0.1) is 0 Å². The monoisotopic (exact) mass is 300 g/mol. The van der Waals surface area contributed by atoms with Crippen molar-refractivity contribution in [3.8, 4) is 0 Å². The lowest BCUT2D eigenvalue weighted by molar-refractivity contribution is 0.150. The Morgan fingerprint density at radius 1 is 1.36 bits per heavy atom. The molecule has 0 bridgehead atoms. The largest absolute Gasteiger partial charge is 0.391 e. The summed E-state index contributed by atoms with van der Waals surface area (Å²) in [5.41, 5.74) is 1.78. The second-order valence-electron chi connectivity index (χ2n) is 5.65. The second kappa shape index (κ2) is 6.62. The summed E-state index contributed by atoms with van der Waals surface area (Å²) in [7, 11) is 0. The highest BCUT2D eigenvalue weighted by Gasteiger charge is 2.29. The molecule has 1 aromatic carbocycles. The smallest absolute Gasteiger partial charge is 0.319 e. The lowest BCUT2D eigenvalue weighted by atomic mass is 10.2. The van der Waals surface area contributed by atoms with Crippen molar-refractivity contribution in [2.75, 3.05) is 11.9 Å². The van der Waals surface area contributed by atoms with Crippen LogP contribution in [0.25, 0.3) is 0 Å². The van der Waals surface area contributed by atoms with Crippen LogP contribution in [0.4, 0.5) is 10.5 Å². The van der Waals surface area contributed by atoms with Gasteiger partial charge in [0.05, 0.1) is 24.5 Å². The summed E-state index contributed by atoms with van der Waals surface area (Å²) in [5, 5.41) is 19.3. The van der Waals surface area contributed by atoms with Gasteiger partial charge < -0.3 is 15.7 Å². The zero-order valence-corrected chi connectivity index (χ0v) is 12.3. The predicted molar refractivity (Wildman–Crippen MR) is 83.5 cm³/mol. The van der Waals surface area contributed by atoms with Crippen LogP contribution in [0.15, 0.2) is 42.7 Å². The van der Waals surface area contributed by atoms with Gasteiger partial charge in [-0.25, -0.2) is 4.79 Å². The topological polar surface area (TPSA) is 79.2 Å². The summed E-state index contributed by atoms with van der Waals surface area (Å²) in [4.78, 5) is 11.8. The van der Waals surface area contributed by atoms with Gasteiger partial charge >= 0.3 is 6.03 Å². The van der Waals surface area contributed by atoms with E-state index in [1.807, 2.05) is 30.3 Å². The van der Waals surface area contributed by atoms with E-state index in [0.717, 1.165) is 18.4 Å². The van der Waals surface area contributed by atoms with Crippen LogP contribution in [0.1, 0.15) is 18.4 Å². The Labute approximate surface area is 129 Å². The summed E-state index contributed by atoms with van der Waals surface area (Å²) >= 11 is 0. The molecular weight excluding hydrogens is 280 g/mol. The van der Waals surface area contributed by atoms with Crippen LogP contribution in [0.3, 0.4) is 0 Å². The molecule has 0 spiro atoms. The van der Waals surface area contributed by atoms with Gasteiger partial charge in [-0.3, -0.25) is 4.68 Å². The van der Waals surface area contributed by atoms with Crippen molar-refractivity contribution in [3.05, 3.63) is 48.3 Å². The minimum atomic E-state index is -0.438. The fourth-order valence-corrected chi connectivity index (χ4v) is 2.31. The van der Waals surface area contributed by atoms with Crippen molar-refractivity contribution in [2.45, 2.75) is 25.5 Å². The Bertz CT molecular complexity index is 622. The normalized spacial score (nSPS) is 15.3. The summed E-state index contributed by atoms with van der Waals surface area (Å²) in [6.45, 7) is 0.944. The summed E-state index contributed by atoms with van der Waals surface area (Å²) in [6.07, 6.45) is 5.06. The Balaban J connectivity index is 1.47. The zero-order chi connectivity index (χ0) is 15.4. The number of benzene rings is 1. The van der Waals surface area contributed by atoms with E-state index in [9.17, 15) is 9.90 Å². The van der Waals surface area contributed by atoms with Crippen molar-refractivity contribution in [2.24, 2.45) is 5.92 Å². The first kappa shape index (κ1) is 14.6. The van der Waals surface area contributed by atoms with E-state index in [-0.39, 0.29) is 12.6 Å². The van der Waals surface area contributed by atoms with Crippen LogP contribution >= 0.6 is 0 Å². The van der Waals surface area contributed by atoms with Crippen LogP contribution in [-0.4, -0.2) is 33.6 Å². The summed E-state index contributed by atoms with van der Waals surface area (Å²) < 4.78 is 1.77. The van der Waals surface area contributed by atoms with Crippen molar-refractivity contribution in [3.63, 3.8) is 0 Å². The molecule has 3 rings (SSSR count). The standard InChI is InChI=1S/C16H20N4O2/c21-15(13-6-7-13)9-17-16(22)19-14-8-18-20(11-14)10-12-4-2-1-3-5-12/h1-5,8,11,13,15,21H,6-7,9-10H2,(H2,17,19,22)/t15-/m1/s1. The predicted octanol–water partition coefficient (Wildman–Crippen LogP) is 1.82. The molecule has 1 fully saturated rings. The van der Waals surface area contributed by atoms with E-state index in [1.165, 1.54) is 0 Å². The summed E-state index contributed by atoms with van der Waals surface area (Å²) in [5.74, 6) is 0.355. The van der Waals surface area contributed by atoms with Gasteiger partial charge in [-0.2, -0.15) is 5.10 Å². The minimum absolute atomic E-state index is 0.286. The lowest BCUT2D eigenvalue weighted by Gasteiger charge is -2.10. The average molecular weight is 300 g/mol. The lowest BCUT2D eigenvalue weighted by Crippen LogP contribution is -2.36. The molecule has 0 saturated heterocycles. The van der Waals surface area contributed by atoms with E-state index in [0.29, 0.717) is 18.2 Å². The first-order valence-electron chi connectivity index (χ1n) is 7.50. The number of nitrogens with one attached hydrogen (secondary N) is 2. The highest BCUT2D eigenvalue weighted by atomic mass is 16.3. The van der Waals surface area contributed by atoms with Crippen molar-refractivity contribution < 1.29 is 9.90 Å². The number of carbonyl (C=O) groups excluding carboxylic acids is 1. The van der Waals surface area contributed by atoms with Gasteiger partial charge in [0.15, 0.2) is 0 Å². The van der Waals surface area contributed by atoms with E-state index < -0.39 is 6.10 Å². The molecule has 22 heavy (non-hydrogen) atoms. The minimum Gasteiger partial charge on any atom is -0.391 e. The number of carbonyl (C=O) groups is 1. The number of hydrogen-bond donors (Lipinski definition) is 3. The highest BCUT2D eigenvalue weighted by Crippen LogP contribution is 2.32. The highest BCUT2D eigenvalue weighted by molar-refractivity contribution is 5.88. The Kier molecular flexibility index (Phi) is 4.39. The van der Waals surface area contributed by atoms with Crippen LogP contribution in [-0.2, 0) is 6.54 Å². The van der Waals surface area contributed by atoms with Crippen LogP contribution in [0.5, 0.6) is 0 Å². The quantitative estimate of drug-likeness (QED) is 0.761. The molecule has 1 atom stereocenters. The number of nitrogens with zero attached hydrogens (tertiary/aromatic N) is 2. The molecule has 1 saturated carbocycles. The zero-order valence-electron chi connectivity index (χ0n) is 12.3. The van der Waals surface area contributed by atoms with Crippen LogP contribution < -0.4 is 10.6 Å². The second-order valence-corrected chi connectivity index (χ2v) is 5.65. The first-order valence-corrected chi connectivity index (χ1v) is 7.50. The van der Waals surface area contributed by atoms with Gasteiger partial charge in [-0.1, -0.05) is 30.3 Å². The Hall–Kier alpha value is -2.34. The molecule has 3 N–H and O–H groups in total. The maximum atomic E-state index is 11.8. The van der Waals surface area contributed by atoms with E-state index in [1.54, 1.807) is 17.1 Å². The molecule has 6 heteroatoms. The van der Waals surface area contributed by atoms with Crippen LogP contribution in [0, 0.1) is 5.92 Å². The van der Waals surface area contributed by atoms with E-state index >= 15 is 0 Å². The number of rotatable bonds is 6. The summed E-state index contributed by atoms with van der Waals surface area (Å²) in [6, 6.07) is 9.67. The number of aliphatic hydroxyl groups excluding tert-OH is 1. The Morgan fingerprint density at radius 3 is 2.86 bits per heavy atom. The number of amides is 2. The molecule has 2 amide bonds. The molecule has 6 nitrogen and oxygen atoms in total. The third kappa shape index (κ3) is 4.08. The van der Waals surface area contributed by atoms with E-state index in [4.69, 9.17) is 0 Å². The fraction of sp³-hybridized carbons (Fsp3) is 0.375. The molecule has 0 radical (unpaired) electrons. The van der Waals surface area contributed by atoms with Gasteiger partial charge in [0.1, 0.15) is 0 Å². The van der Waals surface area contributed by atoms with Crippen molar-refractivity contribution >= 4 is 11.7 Å². The molecule has 1 aliphatic carbocycles. The number of urea groups is 1. The number of aliphatic hydroxyl groups is 1. The molecule has 116 valence electrons. The molecule has 1 aliphatic rings. The SMILES string of the molecule is O=C(NC[C@@H](O)C1CC1)Nc1cnn(Cc2ccccc2)c1. The number of anilines is 1. The number of hydrogen-bond acceptors (Lipinski definition) is 3. The Morgan fingerprint density at radius 2 is 2.14 bits per heavy atom. The number of aromatic nitrogens is 2. The molecule has 2 aromatic rings. The molecule has 0 aliphatic heterocycles. The van der Waals surface area contributed by atoms with Gasteiger partial charge in [0.2, 0.25) is 0 Å². The van der Waals surface area contributed by atoms with Gasteiger partial charge in [0.25, 0.3) is 0 Å². The third-order valence-corrected chi connectivity index (χ3v) is 3.72.